The smallest absolute Gasteiger partial charge is 0.194 e. The quantitative estimate of drug-likeness (QED) is 0.576. The summed E-state index contributed by atoms with van der Waals surface area (Å²) in [5, 5.41) is 3.46. The third-order valence-electron chi connectivity index (χ3n) is 5.09. The Balaban J connectivity index is 1.74. The van der Waals surface area contributed by atoms with Crippen molar-refractivity contribution in [3.8, 4) is 5.75 Å². The minimum Gasteiger partial charge on any atom is -0.496 e. The van der Waals surface area contributed by atoms with Crippen molar-refractivity contribution in [2.24, 2.45) is 10.9 Å². The van der Waals surface area contributed by atoms with E-state index in [1.807, 2.05) is 18.6 Å². The maximum Gasteiger partial charge on any atom is 0.194 e. The third kappa shape index (κ3) is 4.83. The maximum atomic E-state index is 5.31. The molecule has 0 saturated carbocycles. The highest BCUT2D eigenvalue weighted by molar-refractivity contribution is 9.10. The first-order valence-electron chi connectivity index (χ1n) is 9.45. The van der Waals surface area contributed by atoms with Gasteiger partial charge in [0.2, 0.25) is 0 Å². The molecule has 0 aliphatic carbocycles. The molecule has 2 heterocycles. The molecule has 1 aliphatic rings. The fraction of sp³-hybridized carbons (Fsp3) is 0.500. The number of halogens is 1. The molecular formula is C20H28BrN5O. The van der Waals surface area contributed by atoms with Crippen LogP contribution < -0.4 is 10.1 Å². The molecule has 1 aliphatic heterocycles. The summed E-state index contributed by atoms with van der Waals surface area (Å²) in [6.45, 7) is 7.88. The average molecular weight is 434 g/mol. The average Bonchev–Trinajstić information content (AvgIpc) is 3.20. The molecule has 7 heteroatoms. The molecule has 3 rings (SSSR count). The van der Waals surface area contributed by atoms with Crippen molar-refractivity contribution in [2.75, 3.05) is 26.7 Å². The van der Waals surface area contributed by atoms with Crippen molar-refractivity contribution in [1.82, 2.24) is 19.8 Å². The fourth-order valence-corrected chi connectivity index (χ4v) is 4.08. The van der Waals surface area contributed by atoms with Crippen LogP contribution in [0.2, 0.25) is 0 Å². The Morgan fingerprint density at radius 1 is 1.44 bits per heavy atom. The third-order valence-corrected chi connectivity index (χ3v) is 5.71. The Kier molecular flexibility index (Phi) is 6.77. The molecule has 6 nitrogen and oxygen atoms in total. The number of imidazole rings is 1. The predicted octanol–water partition coefficient (Wildman–Crippen LogP) is 3.70. The van der Waals surface area contributed by atoms with Gasteiger partial charge in [-0.15, -0.1) is 0 Å². The summed E-state index contributed by atoms with van der Waals surface area (Å²) in [6.07, 6.45) is 6.97. The second-order valence-corrected chi connectivity index (χ2v) is 7.78. The lowest BCUT2D eigenvalue weighted by molar-refractivity contribution is 0.189. The first-order valence-corrected chi connectivity index (χ1v) is 10.2. The van der Waals surface area contributed by atoms with Crippen LogP contribution in [0.4, 0.5) is 0 Å². The van der Waals surface area contributed by atoms with Crippen LogP contribution in [0.15, 0.2) is 46.4 Å². The molecule has 0 radical (unpaired) electrons. The Morgan fingerprint density at radius 2 is 2.30 bits per heavy atom. The van der Waals surface area contributed by atoms with Crippen molar-refractivity contribution in [2.45, 2.75) is 32.9 Å². The van der Waals surface area contributed by atoms with Gasteiger partial charge in [0.25, 0.3) is 0 Å². The van der Waals surface area contributed by atoms with Gasteiger partial charge in [-0.05, 0) is 52.9 Å². The van der Waals surface area contributed by atoms with Gasteiger partial charge in [0.15, 0.2) is 5.96 Å². The lowest BCUT2D eigenvalue weighted by Crippen LogP contribution is -2.49. The zero-order chi connectivity index (χ0) is 19.2. The molecule has 2 unspecified atom stereocenters. The summed E-state index contributed by atoms with van der Waals surface area (Å²) < 4.78 is 8.48. The molecule has 27 heavy (non-hydrogen) atoms. The van der Waals surface area contributed by atoms with Crippen molar-refractivity contribution >= 4 is 21.9 Å². The minimum atomic E-state index is 0.417. The van der Waals surface area contributed by atoms with E-state index in [9.17, 15) is 0 Å². The normalized spacial score (nSPS) is 20.6. The Hall–Kier alpha value is -2.02. The number of likely N-dealkylation sites (tertiary alicyclic amines) is 1. The molecule has 2 aromatic rings. The van der Waals surface area contributed by atoms with E-state index in [1.54, 1.807) is 7.11 Å². The summed E-state index contributed by atoms with van der Waals surface area (Å²) in [5.74, 6) is 2.43. The van der Waals surface area contributed by atoms with E-state index in [0.717, 1.165) is 47.8 Å². The number of hydrogen-bond acceptors (Lipinski definition) is 3. The van der Waals surface area contributed by atoms with Crippen molar-refractivity contribution in [1.29, 1.82) is 0 Å². The summed E-state index contributed by atoms with van der Waals surface area (Å²) in [4.78, 5) is 11.5. The number of ether oxygens (including phenoxy) is 1. The molecule has 1 aromatic heterocycles. The standard InChI is InChI=1S/C20H28BrN5O/c1-4-23-20(24-12-16-5-6-19(27-3)17(21)11-16)25-9-7-15(2)18(13-25)26-10-8-22-14-26/h5-6,8,10-11,14-15,18H,4,7,9,12-13H2,1-3H3,(H,23,24). The van der Waals surface area contributed by atoms with Gasteiger partial charge in [0, 0.05) is 32.0 Å². The number of benzene rings is 1. The molecule has 1 aromatic carbocycles. The van der Waals surface area contributed by atoms with Gasteiger partial charge in [0.1, 0.15) is 5.75 Å². The van der Waals surface area contributed by atoms with E-state index < -0.39 is 0 Å². The van der Waals surface area contributed by atoms with Crippen LogP contribution in [0.5, 0.6) is 5.75 Å². The van der Waals surface area contributed by atoms with E-state index in [4.69, 9.17) is 9.73 Å². The Morgan fingerprint density at radius 3 is 2.96 bits per heavy atom. The van der Waals surface area contributed by atoms with E-state index in [2.05, 4.69) is 67.9 Å². The lowest BCUT2D eigenvalue weighted by Gasteiger charge is -2.39. The molecule has 0 bridgehead atoms. The molecule has 0 amide bonds. The van der Waals surface area contributed by atoms with Gasteiger partial charge in [-0.1, -0.05) is 13.0 Å². The summed E-state index contributed by atoms with van der Waals surface area (Å²) in [6, 6.07) is 6.52. The number of rotatable bonds is 5. The summed E-state index contributed by atoms with van der Waals surface area (Å²) >= 11 is 3.55. The van der Waals surface area contributed by atoms with Crippen molar-refractivity contribution in [3.63, 3.8) is 0 Å². The Labute approximate surface area is 169 Å². The number of piperidine rings is 1. The van der Waals surface area contributed by atoms with Crippen LogP contribution in [-0.2, 0) is 6.54 Å². The van der Waals surface area contributed by atoms with Crippen LogP contribution in [0.1, 0.15) is 31.9 Å². The van der Waals surface area contributed by atoms with Gasteiger partial charge < -0.3 is 19.5 Å². The van der Waals surface area contributed by atoms with E-state index in [1.165, 1.54) is 0 Å². The largest absolute Gasteiger partial charge is 0.496 e. The molecule has 2 atom stereocenters. The van der Waals surface area contributed by atoms with Crippen molar-refractivity contribution < 1.29 is 4.74 Å². The number of aromatic nitrogens is 2. The van der Waals surface area contributed by atoms with Crippen LogP contribution in [0, 0.1) is 5.92 Å². The van der Waals surface area contributed by atoms with Gasteiger partial charge >= 0.3 is 0 Å². The molecule has 0 spiro atoms. The summed E-state index contributed by atoms with van der Waals surface area (Å²) in [7, 11) is 1.68. The zero-order valence-corrected chi connectivity index (χ0v) is 17.8. The number of methoxy groups -OCH3 is 1. The Bertz CT molecular complexity index is 762. The minimum absolute atomic E-state index is 0.417. The molecule has 1 N–H and O–H groups in total. The number of guanidine groups is 1. The number of hydrogen-bond donors (Lipinski definition) is 1. The van der Waals surface area contributed by atoms with E-state index in [-0.39, 0.29) is 0 Å². The predicted molar refractivity (Wildman–Crippen MR) is 112 cm³/mol. The summed E-state index contributed by atoms with van der Waals surface area (Å²) in [5.41, 5.74) is 1.15. The topological polar surface area (TPSA) is 54.7 Å². The number of nitrogens with one attached hydrogen (secondary N) is 1. The zero-order valence-electron chi connectivity index (χ0n) is 16.2. The molecule has 1 saturated heterocycles. The monoisotopic (exact) mass is 433 g/mol. The highest BCUT2D eigenvalue weighted by atomic mass is 79.9. The first-order chi connectivity index (χ1) is 13.1. The fourth-order valence-electron chi connectivity index (χ4n) is 3.50. The highest BCUT2D eigenvalue weighted by Gasteiger charge is 2.28. The molecule has 1 fully saturated rings. The number of nitrogens with zero attached hydrogens (tertiary/aromatic N) is 4. The molecular weight excluding hydrogens is 406 g/mol. The van der Waals surface area contributed by atoms with Crippen LogP contribution in [0.25, 0.3) is 0 Å². The van der Waals surface area contributed by atoms with Crippen LogP contribution in [0.3, 0.4) is 0 Å². The van der Waals surface area contributed by atoms with Crippen LogP contribution >= 0.6 is 15.9 Å². The van der Waals surface area contributed by atoms with Gasteiger partial charge in [-0.3, -0.25) is 0 Å². The second kappa shape index (κ2) is 9.26. The van der Waals surface area contributed by atoms with Gasteiger partial charge in [-0.2, -0.15) is 0 Å². The van der Waals surface area contributed by atoms with Crippen molar-refractivity contribution in [3.05, 3.63) is 47.0 Å². The molecule has 146 valence electrons. The second-order valence-electron chi connectivity index (χ2n) is 6.93. The highest BCUT2D eigenvalue weighted by Crippen LogP contribution is 2.28. The van der Waals surface area contributed by atoms with Gasteiger partial charge in [-0.25, -0.2) is 9.98 Å². The van der Waals surface area contributed by atoms with E-state index >= 15 is 0 Å². The van der Waals surface area contributed by atoms with Gasteiger partial charge in [0.05, 0.1) is 30.5 Å². The van der Waals surface area contributed by atoms with E-state index in [0.29, 0.717) is 18.5 Å². The first kappa shape index (κ1) is 19.7. The van der Waals surface area contributed by atoms with Crippen LogP contribution in [-0.4, -0.2) is 47.2 Å². The number of aliphatic imine (C=N–C) groups is 1. The lowest BCUT2D eigenvalue weighted by atomic mass is 9.93. The SMILES string of the molecule is CCNC(=NCc1ccc(OC)c(Br)c1)N1CCC(C)C(n2ccnc2)C1. The maximum absolute atomic E-state index is 5.31.